The van der Waals surface area contributed by atoms with E-state index in [9.17, 15) is 13.2 Å². The van der Waals surface area contributed by atoms with Crippen molar-refractivity contribution in [1.29, 1.82) is 0 Å². The molecule has 3 aliphatic heterocycles. The van der Waals surface area contributed by atoms with E-state index in [1.54, 1.807) is 6.20 Å². The van der Waals surface area contributed by atoms with Crippen LogP contribution < -0.4 is 10.1 Å². The van der Waals surface area contributed by atoms with Gasteiger partial charge in [0.05, 0.1) is 5.56 Å². The quantitative estimate of drug-likeness (QED) is 0.852. The Kier molecular flexibility index (Phi) is 5.06. The first-order valence-electron chi connectivity index (χ1n) is 9.24. The number of halogens is 3. The number of benzene rings is 1. The molecule has 0 radical (unpaired) electrons. The van der Waals surface area contributed by atoms with Gasteiger partial charge >= 0.3 is 6.18 Å². The lowest BCUT2D eigenvalue weighted by molar-refractivity contribution is -0.137. The van der Waals surface area contributed by atoms with Crippen molar-refractivity contribution in [3.8, 4) is 11.6 Å². The highest BCUT2D eigenvalue weighted by molar-refractivity contribution is 5.35. The fourth-order valence-electron chi connectivity index (χ4n) is 3.94. The molecule has 4 nitrogen and oxygen atoms in total. The first-order valence-corrected chi connectivity index (χ1v) is 9.24. The summed E-state index contributed by atoms with van der Waals surface area (Å²) < 4.78 is 44.4. The molecule has 3 saturated heterocycles. The Hall–Kier alpha value is -2.12. The number of rotatable bonds is 5. The minimum absolute atomic E-state index is 0.132. The number of nitrogens with one attached hydrogen (secondary N) is 1. The molecular weight excluding hydrogens is 355 g/mol. The normalized spacial score (nSPS) is 24.8. The van der Waals surface area contributed by atoms with Crippen molar-refractivity contribution in [2.75, 3.05) is 19.6 Å². The topological polar surface area (TPSA) is 37.4 Å². The number of aromatic nitrogens is 1. The van der Waals surface area contributed by atoms with Crippen LogP contribution in [-0.4, -0.2) is 35.6 Å². The van der Waals surface area contributed by atoms with E-state index in [2.05, 4.69) is 15.2 Å². The van der Waals surface area contributed by atoms with Crippen molar-refractivity contribution in [1.82, 2.24) is 15.2 Å². The highest BCUT2D eigenvalue weighted by atomic mass is 19.4. The number of hydrogen-bond donors (Lipinski definition) is 1. The number of pyridine rings is 1. The maximum atomic E-state index is 12.9. The van der Waals surface area contributed by atoms with Gasteiger partial charge in [0.2, 0.25) is 5.88 Å². The monoisotopic (exact) mass is 377 g/mol. The summed E-state index contributed by atoms with van der Waals surface area (Å²) in [6, 6.07) is 9.02. The van der Waals surface area contributed by atoms with E-state index in [4.69, 9.17) is 4.74 Å². The third kappa shape index (κ3) is 4.25. The SMILES string of the molecule is FC(F)(F)c1cccc(Oc2ncccc2CN[C@H]2CN3CCC2CC3)c1. The first kappa shape index (κ1) is 18.3. The average molecular weight is 377 g/mol. The summed E-state index contributed by atoms with van der Waals surface area (Å²) in [5.41, 5.74) is 0.106. The Labute approximate surface area is 156 Å². The van der Waals surface area contributed by atoms with Gasteiger partial charge in [-0.05, 0) is 56.1 Å². The lowest BCUT2D eigenvalue weighted by atomic mass is 9.84. The number of nitrogens with zero attached hydrogens (tertiary/aromatic N) is 2. The van der Waals surface area contributed by atoms with Gasteiger partial charge in [0.15, 0.2) is 0 Å². The van der Waals surface area contributed by atoms with Crippen molar-refractivity contribution in [2.45, 2.75) is 31.6 Å². The Bertz CT molecular complexity index is 788. The van der Waals surface area contributed by atoms with E-state index in [1.165, 1.54) is 38.1 Å². The maximum Gasteiger partial charge on any atom is 0.416 e. The van der Waals surface area contributed by atoms with Crippen LogP contribution in [0, 0.1) is 5.92 Å². The number of piperidine rings is 3. The zero-order chi connectivity index (χ0) is 18.9. The molecule has 3 fully saturated rings. The molecule has 0 spiro atoms. The molecule has 0 unspecified atom stereocenters. The molecule has 1 atom stereocenters. The zero-order valence-corrected chi connectivity index (χ0v) is 14.9. The minimum Gasteiger partial charge on any atom is -0.439 e. The molecule has 3 aliphatic rings. The van der Waals surface area contributed by atoms with Crippen molar-refractivity contribution in [2.24, 2.45) is 5.92 Å². The van der Waals surface area contributed by atoms with Crippen LogP contribution in [0.2, 0.25) is 0 Å². The van der Waals surface area contributed by atoms with Crippen molar-refractivity contribution in [3.63, 3.8) is 0 Å². The smallest absolute Gasteiger partial charge is 0.416 e. The summed E-state index contributed by atoms with van der Waals surface area (Å²) in [6.07, 6.45) is -0.374. The highest BCUT2D eigenvalue weighted by Crippen LogP contribution is 2.33. The molecule has 7 heteroatoms. The summed E-state index contributed by atoms with van der Waals surface area (Å²) >= 11 is 0. The largest absolute Gasteiger partial charge is 0.439 e. The lowest BCUT2D eigenvalue weighted by Crippen LogP contribution is -2.55. The zero-order valence-electron chi connectivity index (χ0n) is 14.9. The Balaban J connectivity index is 1.45. The second kappa shape index (κ2) is 7.48. The molecule has 5 rings (SSSR count). The van der Waals surface area contributed by atoms with Gasteiger partial charge in [-0.1, -0.05) is 12.1 Å². The van der Waals surface area contributed by atoms with Crippen molar-refractivity contribution < 1.29 is 17.9 Å². The van der Waals surface area contributed by atoms with Crippen LogP contribution in [0.1, 0.15) is 24.0 Å². The summed E-state index contributed by atoms with van der Waals surface area (Å²) in [5.74, 6) is 1.16. The van der Waals surface area contributed by atoms with Crippen LogP contribution >= 0.6 is 0 Å². The molecule has 1 aromatic heterocycles. The summed E-state index contributed by atoms with van der Waals surface area (Å²) in [4.78, 5) is 6.70. The molecular formula is C20H22F3N3O. The van der Waals surface area contributed by atoms with E-state index in [0.717, 1.165) is 24.2 Å². The summed E-state index contributed by atoms with van der Waals surface area (Å²) in [7, 11) is 0. The second-order valence-corrected chi connectivity index (χ2v) is 7.22. The lowest BCUT2D eigenvalue weighted by Gasteiger charge is -2.45. The standard InChI is InChI=1S/C20H22F3N3O/c21-20(22,23)16-4-1-5-17(11-16)27-19-15(3-2-8-24-19)12-25-18-13-26-9-6-14(18)7-10-26/h1-5,8,11,14,18,25H,6-7,9-10,12-13H2/t18-/m0/s1. The molecule has 0 aliphatic carbocycles. The van der Waals surface area contributed by atoms with Crippen LogP contribution in [-0.2, 0) is 12.7 Å². The van der Waals surface area contributed by atoms with E-state index in [0.29, 0.717) is 24.4 Å². The molecule has 2 bridgehead atoms. The van der Waals surface area contributed by atoms with Gasteiger partial charge in [-0.3, -0.25) is 0 Å². The Morgan fingerprint density at radius 1 is 1.15 bits per heavy atom. The Morgan fingerprint density at radius 2 is 1.96 bits per heavy atom. The minimum atomic E-state index is -4.40. The number of ether oxygens (including phenoxy) is 1. The number of fused-ring (bicyclic) bond motifs is 3. The fraction of sp³-hybridized carbons (Fsp3) is 0.450. The average Bonchev–Trinajstić information content (AvgIpc) is 2.68. The molecule has 4 heterocycles. The van der Waals surface area contributed by atoms with Gasteiger partial charge < -0.3 is 15.0 Å². The summed E-state index contributed by atoms with van der Waals surface area (Å²) in [5, 5.41) is 3.59. The van der Waals surface area contributed by atoms with Crippen LogP contribution in [0.25, 0.3) is 0 Å². The molecule has 1 aromatic carbocycles. The van der Waals surface area contributed by atoms with E-state index in [-0.39, 0.29) is 5.75 Å². The van der Waals surface area contributed by atoms with Gasteiger partial charge in [0.1, 0.15) is 5.75 Å². The van der Waals surface area contributed by atoms with E-state index < -0.39 is 11.7 Å². The van der Waals surface area contributed by atoms with E-state index >= 15 is 0 Å². The van der Waals surface area contributed by atoms with Gasteiger partial charge in [-0.15, -0.1) is 0 Å². The molecule has 27 heavy (non-hydrogen) atoms. The van der Waals surface area contributed by atoms with Crippen molar-refractivity contribution in [3.05, 3.63) is 53.7 Å². The molecule has 0 saturated carbocycles. The van der Waals surface area contributed by atoms with Gasteiger partial charge in [0.25, 0.3) is 0 Å². The molecule has 2 aromatic rings. The highest BCUT2D eigenvalue weighted by Gasteiger charge is 2.34. The maximum absolute atomic E-state index is 12.9. The van der Waals surface area contributed by atoms with Crippen molar-refractivity contribution >= 4 is 0 Å². The first-order chi connectivity index (χ1) is 13.0. The predicted octanol–water partition coefficient (Wildman–Crippen LogP) is 4.08. The van der Waals surface area contributed by atoms with Crippen LogP contribution in [0.5, 0.6) is 11.6 Å². The molecule has 0 amide bonds. The molecule has 144 valence electrons. The van der Waals surface area contributed by atoms with Gasteiger partial charge in [0, 0.05) is 30.9 Å². The second-order valence-electron chi connectivity index (χ2n) is 7.22. The predicted molar refractivity (Wildman–Crippen MR) is 95.5 cm³/mol. The summed E-state index contributed by atoms with van der Waals surface area (Å²) in [6.45, 7) is 3.99. The van der Waals surface area contributed by atoms with E-state index in [1.807, 2.05) is 12.1 Å². The van der Waals surface area contributed by atoms with Gasteiger partial charge in [-0.2, -0.15) is 13.2 Å². The molecule has 1 N–H and O–H groups in total. The number of alkyl halides is 3. The van der Waals surface area contributed by atoms with Crippen LogP contribution in [0.4, 0.5) is 13.2 Å². The van der Waals surface area contributed by atoms with Gasteiger partial charge in [-0.25, -0.2) is 4.98 Å². The number of hydrogen-bond acceptors (Lipinski definition) is 4. The Morgan fingerprint density at radius 3 is 2.67 bits per heavy atom. The van der Waals surface area contributed by atoms with Crippen LogP contribution in [0.15, 0.2) is 42.6 Å². The fourth-order valence-corrected chi connectivity index (χ4v) is 3.94. The van der Waals surface area contributed by atoms with Crippen LogP contribution in [0.3, 0.4) is 0 Å². The third-order valence-electron chi connectivity index (χ3n) is 5.44. The third-order valence-corrected chi connectivity index (χ3v) is 5.44.